The minimum atomic E-state index is 1.27. The van der Waals surface area contributed by atoms with Gasteiger partial charge < -0.3 is 0 Å². The molecule has 10 rings (SSSR count). The fourth-order valence-electron chi connectivity index (χ4n) is 6.91. The van der Waals surface area contributed by atoms with Crippen molar-refractivity contribution in [2.75, 3.05) is 0 Å². The molecule has 0 spiro atoms. The van der Waals surface area contributed by atoms with E-state index in [0.29, 0.717) is 0 Å². The third kappa shape index (κ3) is 5.48. The molecule has 0 saturated heterocycles. The average molecular weight is 709 g/mol. The Hall–Kier alpha value is -4.58. The van der Waals surface area contributed by atoms with Crippen LogP contribution in [0.15, 0.2) is 178 Å². The predicted octanol–water partition coefficient (Wildman–Crippen LogP) is 14.5. The summed E-state index contributed by atoms with van der Waals surface area (Å²) in [6.07, 6.45) is 0. The fraction of sp³-hybridized carbons (Fsp3) is 0. The molecule has 0 saturated carbocycles. The van der Waals surface area contributed by atoms with Crippen LogP contribution in [0.2, 0.25) is 0 Å². The van der Waals surface area contributed by atoms with Crippen molar-refractivity contribution < 1.29 is 0 Å². The van der Waals surface area contributed by atoms with Gasteiger partial charge in [0, 0.05) is 19.6 Å². The van der Waals surface area contributed by atoms with Crippen LogP contribution in [-0.4, -0.2) is 0 Å². The zero-order chi connectivity index (χ0) is 33.0. The van der Waals surface area contributed by atoms with Crippen molar-refractivity contribution >= 4 is 66.7 Å². The summed E-state index contributed by atoms with van der Waals surface area (Å²) in [7, 11) is 0. The Balaban J connectivity index is 1.11. The second kappa shape index (κ2) is 12.6. The van der Waals surface area contributed by atoms with Crippen LogP contribution in [0.4, 0.5) is 0 Å². The van der Waals surface area contributed by atoms with Crippen LogP contribution < -0.4 is 0 Å². The highest BCUT2D eigenvalue weighted by Gasteiger charge is 2.34. The molecule has 8 aliphatic carbocycles. The minimum absolute atomic E-state index is 1.27. The lowest BCUT2D eigenvalue weighted by Crippen LogP contribution is -1.76. The van der Waals surface area contributed by atoms with E-state index in [1.54, 1.807) is 0 Å². The van der Waals surface area contributed by atoms with Gasteiger partial charge in [-0.3, -0.25) is 0 Å². The van der Waals surface area contributed by atoms with Gasteiger partial charge in [0.15, 0.2) is 0 Å². The summed E-state index contributed by atoms with van der Waals surface area (Å²) in [6.45, 7) is 0. The normalized spacial score (nSPS) is 15.0. The molecule has 0 radical (unpaired) electrons. The third-order valence-electron chi connectivity index (χ3n) is 9.32. The Morgan fingerprint density at radius 3 is 0.560 bits per heavy atom. The molecule has 0 atom stereocenters. The van der Waals surface area contributed by atoms with Crippen molar-refractivity contribution in [1.82, 2.24) is 0 Å². The first-order valence-corrected chi connectivity index (χ1v) is 19.9. The Morgan fingerprint density at radius 1 is 0.200 bits per heavy atom. The maximum Gasteiger partial charge on any atom is 0.0707 e. The van der Waals surface area contributed by atoms with E-state index in [9.17, 15) is 0 Å². The summed E-state index contributed by atoms with van der Waals surface area (Å²) >= 11 is 7.76. The summed E-state index contributed by atoms with van der Waals surface area (Å²) in [6, 6.07) is 62.2. The second-order valence-corrected chi connectivity index (χ2v) is 17.2. The van der Waals surface area contributed by atoms with E-state index in [0.717, 1.165) is 0 Å². The second-order valence-electron chi connectivity index (χ2n) is 12.6. The number of fused-ring (bicyclic) bond motifs is 4. The molecule has 4 heteroatoms. The zero-order valence-electron chi connectivity index (χ0n) is 26.8. The fourth-order valence-corrected chi connectivity index (χ4v) is 12.6. The predicted molar refractivity (Wildman–Crippen MR) is 223 cm³/mol. The lowest BCUT2D eigenvalue weighted by Gasteiger charge is -2.03. The maximum absolute atomic E-state index is 2.36. The van der Waals surface area contributed by atoms with Crippen LogP contribution in [-0.2, 0) is 0 Å². The Bertz CT molecular complexity index is 2080. The molecule has 0 aromatic carbocycles. The van der Waals surface area contributed by atoms with Gasteiger partial charge in [-0.2, -0.15) is 0 Å². The first kappa shape index (κ1) is 30.3. The van der Waals surface area contributed by atoms with Crippen molar-refractivity contribution in [3.63, 3.8) is 0 Å². The highest BCUT2D eigenvalue weighted by molar-refractivity contribution is 8.39. The summed E-state index contributed by atoms with van der Waals surface area (Å²) in [5.41, 5.74) is 15.3. The van der Waals surface area contributed by atoms with E-state index >= 15 is 0 Å². The summed E-state index contributed by atoms with van der Waals surface area (Å²) in [5.74, 6) is 0. The Kier molecular flexibility index (Phi) is 7.65. The molecule has 236 valence electrons. The van der Waals surface area contributed by atoms with E-state index in [2.05, 4.69) is 170 Å². The van der Waals surface area contributed by atoms with Crippen LogP contribution >= 0.6 is 47.0 Å². The van der Waals surface area contributed by atoms with Crippen molar-refractivity contribution in [1.29, 1.82) is 0 Å². The SMILES string of the molecule is c1ccc2cc(C3=C(c4cc5cccccc-5c4)SC(=C4SC(c5cc6cccccc-6c5)=C(c5cc6cccccc-6c5)S4)S3)cc-2cc1. The molecule has 0 aromatic heterocycles. The van der Waals surface area contributed by atoms with E-state index in [1.165, 1.54) is 94.9 Å². The molecule has 50 heavy (non-hydrogen) atoms. The molecule has 0 fully saturated rings. The van der Waals surface area contributed by atoms with Crippen LogP contribution in [0, 0.1) is 0 Å². The van der Waals surface area contributed by atoms with Crippen LogP contribution in [0.5, 0.6) is 0 Å². The zero-order valence-corrected chi connectivity index (χ0v) is 30.1. The molecule has 0 nitrogen and oxygen atoms in total. The average Bonchev–Trinajstić information content (AvgIpc) is 3.96. The number of hydrogen-bond acceptors (Lipinski definition) is 4. The van der Waals surface area contributed by atoms with Crippen LogP contribution in [0.25, 0.3) is 64.1 Å². The molecule has 10 aliphatic rings. The van der Waals surface area contributed by atoms with E-state index < -0.39 is 0 Å². The highest BCUT2D eigenvalue weighted by atomic mass is 32.2. The topological polar surface area (TPSA) is 0 Å². The van der Waals surface area contributed by atoms with E-state index in [-0.39, 0.29) is 0 Å². The smallest absolute Gasteiger partial charge is 0.0707 e. The van der Waals surface area contributed by atoms with Crippen molar-refractivity contribution in [3.8, 4) is 44.5 Å². The number of thioether (sulfide) groups is 4. The monoisotopic (exact) mass is 708 g/mol. The molecule has 0 amide bonds. The Labute approximate surface area is 309 Å². The van der Waals surface area contributed by atoms with E-state index in [1.807, 2.05) is 47.0 Å². The first-order chi connectivity index (χ1) is 24.7. The van der Waals surface area contributed by atoms with Gasteiger partial charge in [0.1, 0.15) is 0 Å². The minimum Gasteiger partial charge on any atom is -0.0791 e. The van der Waals surface area contributed by atoms with Gasteiger partial charge in [-0.1, -0.05) is 168 Å². The van der Waals surface area contributed by atoms with Crippen molar-refractivity contribution in [3.05, 3.63) is 201 Å². The molecule has 2 heterocycles. The molecular weight excluding hydrogens is 681 g/mol. The van der Waals surface area contributed by atoms with Gasteiger partial charge in [0.25, 0.3) is 0 Å². The molecular formula is C46H28S4. The maximum atomic E-state index is 2.36. The van der Waals surface area contributed by atoms with Crippen LogP contribution in [0.3, 0.4) is 0 Å². The largest absolute Gasteiger partial charge is 0.0791 e. The van der Waals surface area contributed by atoms with E-state index in [4.69, 9.17) is 0 Å². The lowest BCUT2D eigenvalue weighted by molar-refractivity contribution is 1.80. The number of hydrogen-bond donors (Lipinski definition) is 0. The highest BCUT2D eigenvalue weighted by Crippen LogP contribution is 2.67. The Morgan fingerprint density at radius 2 is 0.380 bits per heavy atom. The summed E-state index contributed by atoms with van der Waals surface area (Å²) in [5, 5.41) is 0. The number of rotatable bonds is 4. The summed E-state index contributed by atoms with van der Waals surface area (Å²) in [4.78, 5) is 5.35. The van der Waals surface area contributed by atoms with Gasteiger partial charge in [-0.05, 0) is 115 Å². The standard InChI is InChI=1S/C46H28S4/c1-5-13-29-21-37(22-30(29)14-6-1)41-42(38-23-31-15-7-2-8-16-32(31)24-38)48-45(47-41)46-49-43(39-25-33-17-9-3-10-18-34(33)26-39)44(50-46)40-27-35-19-11-4-12-20-36(35)28-40/h1-28H. The molecule has 0 N–H and O–H groups in total. The van der Waals surface area contributed by atoms with Gasteiger partial charge >= 0.3 is 0 Å². The molecule has 0 bridgehead atoms. The molecule has 0 unspecified atom stereocenters. The third-order valence-corrected chi connectivity index (χ3v) is 15.2. The van der Waals surface area contributed by atoms with Gasteiger partial charge in [-0.15, -0.1) is 0 Å². The quantitative estimate of drug-likeness (QED) is 0.178. The van der Waals surface area contributed by atoms with Crippen molar-refractivity contribution in [2.24, 2.45) is 0 Å². The van der Waals surface area contributed by atoms with Crippen molar-refractivity contribution in [2.45, 2.75) is 0 Å². The van der Waals surface area contributed by atoms with Crippen LogP contribution in [0.1, 0.15) is 22.3 Å². The molecule has 2 aliphatic heterocycles. The first-order valence-electron chi connectivity index (χ1n) is 16.6. The van der Waals surface area contributed by atoms with Gasteiger partial charge in [0.05, 0.1) is 8.47 Å². The molecule has 0 aromatic rings. The lowest BCUT2D eigenvalue weighted by atomic mass is 10.2. The summed E-state index contributed by atoms with van der Waals surface area (Å²) < 4.78 is 2.71. The van der Waals surface area contributed by atoms with Gasteiger partial charge in [-0.25, -0.2) is 0 Å². The van der Waals surface area contributed by atoms with Gasteiger partial charge in [0.2, 0.25) is 0 Å².